The molecule has 2 unspecified atom stereocenters. The van der Waals surface area contributed by atoms with Gasteiger partial charge in [-0.3, -0.25) is 4.79 Å². The number of thioether (sulfide) groups is 1. The highest BCUT2D eigenvalue weighted by molar-refractivity contribution is 7.99. The van der Waals surface area contributed by atoms with E-state index in [1.165, 1.54) is 6.92 Å². The quantitative estimate of drug-likeness (QED) is 0.413. The van der Waals surface area contributed by atoms with Crippen molar-refractivity contribution in [3.8, 4) is 0 Å². The topological polar surface area (TPSA) is 74.2 Å². The summed E-state index contributed by atoms with van der Waals surface area (Å²) in [5.74, 6) is 0.396. The SMILES string of the molecule is CCCCOCC1O[C@@H](SCC)[C@@H](OCCCC)C(O)[C@H]1OC(C)=O. The maximum atomic E-state index is 11.5. The van der Waals surface area contributed by atoms with Crippen LogP contribution in [0.2, 0.25) is 0 Å². The van der Waals surface area contributed by atoms with Crippen LogP contribution in [-0.4, -0.2) is 66.5 Å². The van der Waals surface area contributed by atoms with Gasteiger partial charge in [0.1, 0.15) is 23.7 Å². The average molecular weight is 379 g/mol. The van der Waals surface area contributed by atoms with Gasteiger partial charge in [-0.2, -0.15) is 0 Å². The van der Waals surface area contributed by atoms with Gasteiger partial charge in [0.05, 0.1) is 6.61 Å². The summed E-state index contributed by atoms with van der Waals surface area (Å²) < 4.78 is 23.0. The Labute approximate surface area is 155 Å². The lowest BCUT2D eigenvalue weighted by Gasteiger charge is -2.43. The fourth-order valence-electron chi connectivity index (χ4n) is 2.65. The Morgan fingerprint density at radius 2 is 1.80 bits per heavy atom. The summed E-state index contributed by atoms with van der Waals surface area (Å²) in [6, 6.07) is 0. The Kier molecular flexibility index (Phi) is 11.7. The molecule has 0 amide bonds. The Morgan fingerprint density at radius 3 is 2.40 bits per heavy atom. The van der Waals surface area contributed by atoms with E-state index in [2.05, 4.69) is 13.8 Å². The van der Waals surface area contributed by atoms with Gasteiger partial charge in [0, 0.05) is 20.1 Å². The van der Waals surface area contributed by atoms with Crippen molar-refractivity contribution in [3.05, 3.63) is 0 Å². The van der Waals surface area contributed by atoms with Crippen LogP contribution in [0.5, 0.6) is 0 Å². The summed E-state index contributed by atoms with van der Waals surface area (Å²) in [6.45, 7) is 9.01. The van der Waals surface area contributed by atoms with E-state index in [-0.39, 0.29) is 12.0 Å². The highest BCUT2D eigenvalue weighted by atomic mass is 32.2. The molecule has 0 aliphatic carbocycles. The van der Waals surface area contributed by atoms with Crippen molar-refractivity contribution in [3.63, 3.8) is 0 Å². The van der Waals surface area contributed by atoms with Crippen molar-refractivity contribution in [1.29, 1.82) is 0 Å². The number of hydrogen-bond acceptors (Lipinski definition) is 7. The van der Waals surface area contributed by atoms with E-state index >= 15 is 0 Å². The molecule has 0 aromatic carbocycles. The number of carbonyl (C=O) groups excluding carboxylic acids is 1. The van der Waals surface area contributed by atoms with Gasteiger partial charge < -0.3 is 24.1 Å². The normalized spacial score (nSPS) is 29.6. The fourth-order valence-corrected chi connectivity index (χ4v) is 3.63. The number of aliphatic hydroxyl groups excluding tert-OH is 1. The predicted molar refractivity (Wildman–Crippen MR) is 98.7 cm³/mol. The first-order chi connectivity index (χ1) is 12.0. The van der Waals surface area contributed by atoms with Crippen LogP contribution in [0, 0.1) is 0 Å². The zero-order valence-electron chi connectivity index (χ0n) is 15.9. The maximum Gasteiger partial charge on any atom is 0.303 e. The third-order valence-corrected chi connectivity index (χ3v) is 5.02. The van der Waals surface area contributed by atoms with Crippen LogP contribution in [0.3, 0.4) is 0 Å². The van der Waals surface area contributed by atoms with E-state index in [1.54, 1.807) is 11.8 Å². The molecule has 1 N–H and O–H groups in total. The van der Waals surface area contributed by atoms with Gasteiger partial charge in [0.25, 0.3) is 0 Å². The smallest absolute Gasteiger partial charge is 0.303 e. The van der Waals surface area contributed by atoms with Gasteiger partial charge in [0.2, 0.25) is 0 Å². The van der Waals surface area contributed by atoms with Crippen molar-refractivity contribution >= 4 is 17.7 Å². The Balaban J connectivity index is 2.79. The first-order valence-corrected chi connectivity index (χ1v) is 10.4. The molecule has 1 saturated heterocycles. The molecule has 0 bridgehead atoms. The Hall–Kier alpha value is -0.340. The number of aliphatic hydroxyl groups is 1. The minimum atomic E-state index is -0.932. The minimum absolute atomic E-state index is 0.289. The second-order valence-electron chi connectivity index (χ2n) is 6.18. The highest BCUT2D eigenvalue weighted by Crippen LogP contribution is 2.32. The summed E-state index contributed by atoms with van der Waals surface area (Å²) in [4.78, 5) is 11.5. The zero-order chi connectivity index (χ0) is 18.7. The molecule has 25 heavy (non-hydrogen) atoms. The highest BCUT2D eigenvalue weighted by Gasteiger charge is 2.47. The van der Waals surface area contributed by atoms with Crippen LogP contribution in [0.4, 0.5) is 0 Å². The maximum absolute atomic E-state index is 11.5. The summed E-state index contributed by atoms with van der Waals surface area (Å²) in [7, 11) is 0. The van der Waals surface area contributed by atoms with Crippen molar-refractivity contribution in [2.24, 2.45) is 0 Å². The van der Waals surface area contributed by atoms with Gasteiger partial charge in [-0.25, -0.2) is 0 Å². The van der Waals surface area contributed by atoms with Crippen molar-refractivity contribution < 1.29 is 28.8 Å². The van der Waals surface area contributed by atoms with Gasteiger partial charge in [-0.15, -0.1) is 11.8 Å². The van der Waals surface area contributed by atoms with E-state index in [1.807, 2.05) is 6.92 Å². The minimum Gasteiger partial charge on any atom is -0.457 e. The molecular weight excluding hydrogens is 344 g/mol. The molecule has 1 aliphatic rings. The predicted octanol–water partition coefficient (Wildman–Crippen LogP) is 2.76. The zero-order valence-corrected chi connectivity index (χ0v) is 16.8. The molecule has 7 heteroatoms. The fraction of sp³-hybridized carbons (Fsp3) is 0.944. The number of rotatable bonds is 12. The van der Waals surface area contributed by atoms with E-state index in [4.69, 9.17) is 18.9 Å². The Bertz CT molecular complexity index is 365. The lowest BCUT2D eigenvalue weighted by Crippen LogP contribution is -2.60. The molecule has 0 aromatic heterocycles. The lowest BCUT2D eigenvalue weighted by atomic mass is 9.99. The molecule has 1 fully saturated rings. The molecule has 0 spiro atoms. The van der Waals surface area contributed by atoms with Crippen LogP contribution in [0.25, 0.3) is 0 Å². The van der Waals surface area contributed by atoms with Crippen LogP contribution in [0.15, 0.2) is 0 Å². The van der Waals surface area contributed by atoms with E-state index in [9.17, 15) is 9.90 Å². The number of carbonyl (C=O) groups is 1. The third kappa shape index (κ3) is 7.83. The van der Waals surface area contributed by atoms with Crippen LogP contribution >= 0.6 is 11.8 Å². The number of unbranched alkanes of at least 4 members (excludes halogenated alkanes) is 2. The van der Waals surface area contributed by atoms with E-state index < -0.39 is 30.4 Å². The van der Waals surface area contributed by atoms with E-state index in [0.717, 1.165) is 31.4 Å². The molecule has 148 valence electrons. The first-order valence-electron chi connectivity index (χ1n) is 9.36. The van der Waals surface area contributed by atoms with Gasteiger partial charge >= 0.3 is 5.97 Å². The molecule has 1 heterocycles. The third-order valence-electron chi connectivity index (χ3n) is 3.98. The molecular formula is C18H34O6S. The number of ether oxygens (including phenoxy) is 4. The molecule has 0 saturated carbocycles. The standard InChI is InChI=1S/C18H34O6S/c1-5-8-10-21-12-14-16(23-13(4)19)15(20)17(22-11-9-6-2)18(24-14)25-7-3/h14-18,20H,5-12H2,1-4H3/t14?,15?,16-,17-,18-/m0/s1. The van der Waals surface area contributed by atoms with Gasteiger partial charge in [-0.05, 0) is 18.6 Å². The molecule has 1 rings (SSSR count). The molecule has 5 atom stereocenters. The molecule has 1 aliphatic heterocycles. The second kappa shape index (κ2) is 12.9. The number of hydrogen-bond donors (Lipinski definition) is 1. The summed E-state index contributed by atoms with van der Waals surface area (Å²) >= 11 is 1.59. The summed E-state index contributed by atoms with van der Waals surface area (Å²) in [5, 5.41) is 10.8. The van der Waals surface area contributed by atoms with Crippen molar-refractivity contribution in [2.45, 2.75) is 83.2 Å². The molecule has 0 aromatic rings. The Morgan fingerprint density at radius 1 is 1.12 bits per heavy atom. The number of esters is 1. The van der Waals surface area contributed by atoms with Crippen molar-refractivity contribution in [1.82, 2.24) is 0 Å². The van der Waals surface area contributed by atoms with Crippen molar-refractivity contribution in [2.75, 3.05) is 25.6 Å². The molecule has 0 radical (unpaired) electrons. The summed E-state index contributed by atoms with van der Waals surface area (Å²) in [5.41, 5.74) is -0.302. The van der Waals surface area contributed by atoms with Crippen LogP contribution in [0.1, 0.15) is 53.4 Å². The van der Waals surface area contributed by atoms with Crippen LogP contribution < -0.4 is 0 Å². The lowest BCUT2D eigenvalue weighted by molar-refractivity contribution is -0.232. The van der Waals surface area contributed by atoms with E-state index in [0.29, 0.717) is 13.2 Å². The van der Waals surface area contributed by atoms with Gasteiger partial charge in [0.15, 0.2) is 6.10 Å². The molecule has 6 nitrogen and oxygen atoms in total. The first kappa shape index (κ1) is 22.7. The average Bonchev–Trinajstić information content (AvgIpc) is 2.57. The van der Waals surface area contributed by atoms with Crippen LogP contribution in [-0.2, 0) is 23.7 Å². The monoisotopic (exact) mass is 378 g/mol. The second-order valence-corrected chi connectivity index (χ2v) is 7.56. The largest absolute Gasteiger partial charge is 0.457 e. The van der Waals surface area contributed by atoms with Gasteiger partial charge in [-0.1, -0.05) is 33.6 Å². The summed E-state index contributed by atoms with van der Waals surface area (Å²) in [6.07, 6.45) is 1.20.